The van der Waals surface area contributed by atoms with Gasteiger partial charge in [-0.2, -0.15) is 0 Å². The largest absolute Gasteiger partial charge is 0.388 e. The highest BCUT2D eigenvalue weighted by molar-refractivity contribution is 5.45. The van der Waals surface area contributed by atoms with Crippen molar-refractivity contribution < 1.29 is 5.11 Å². The van der Waals surface area contributed by atoms with Crippen molar-refractivity contribution in [3.8, 4) is 0 Å². The van der Waals surface area contributed by atoms with Crippen molar-refractivity contribution in [3.63, 3.8) is 0 Å². The molecular weight excluding hydrogens is 222 g/mol. The van der Waals surface area contributed by atoms with Crippen LogP contribution in [0.25, 0.3) is 0 Å². The van der Waals surface area contributed by atoms with Gasteiger partial charge in [0.1, 0.15) is 0 Å². The van der Waals surface area contributed by atoms with Crippen LogP contribution in [0.1, 0.15) is 46.8 Å². The molecule has 2 atom stereocenters. The van der Waals surface area contributed by atoms with E-state index in [4.69, 9.17) is 0 Å². The maximum absolute atomic E-state index is 10.7. The van der Waals surface area contributed by atoms with Crippen LogP contribution in [-0.2, 0) is 0 Å². The number of nitrogens with one attached hydrogen (secondary N) is 1. The smallest absolute Gasteiger partial charge is 0.0835 e. The van der Waals surface area contributed by atoms with Gasteiger partial charge in [-0.05, 0) is 74.9 Å². The molecule has 0 radical (unpaired) electrons. The molecule has 1 aliphatic rings. The van der Waals surface area contributed by atoms with Gasteiger partial charge in [-0.1, -0.05) is 6.07 Å². The lowest BCUT2D eigenvalue weighted by Crippen LogP contribution is -2.33. The van der Waals surface area contributed by atoms with Gasteiger partial charge in [-0.15, -0.1) is 0 Å². The molecule has 2 heteroatoms. The second kappa shape index (κ2) is 5.41. The summed E-state index contributed by atoms with van der Waals surface area (Å²) in [5.74, 6) is 0.359. The second-order valence-corrected chi connectivity index (χ2v) is 5.73. The highest BCUT2D eigenvalue weighted by Crippen LogP contribution is 2.33. The molecule has 0 bridgehead atoms. The highest BCUT2D eigenvalue weighted by atomic mass is 16.3. The maximum Gasteiger partial charge on any atom is 0.0835 e. The Kier molecular flexibility index (Phi) is 4.08. The van der Waals surface area contributed by atoms with Crippen LogP contribution in [0.2, 0.25) is 0 Å². The van der Waals surface area contributed by atoms with E-state index in [1.807, 2.05) is 0 Å². The fraction of sp³-hybridized carbons (Fsp3) is 0.625. The minimum absolute atomic E-state index is 0.323. The van der Waals surface area contributed by atoms with Gasteiger partial charge in [0.05, 0.1) is 6.10 Å². The molecule has 2 rings (SSSR count). The third-order valence-electron chi connectivity index (χ3n) is 4.50. The van der Waals surface area contributed by atoms with Gasteiger partial charge < -0.3 is 10.4 Å². The van der Waals surface area contributed by atoms with Crippen molar-refractivity contribution in [2.75, 3.05) is 13.1 Å². The summed E-state index contributed by atoms with van der Waals surface area (Å²) in [7, 11) is 0. The summed E-state index contributed by atoms with van der Waals surface area (Å²) in [6.07, 6.45) is 1.97. The third-order valence-corrected chi connectivity index (χ3v) is 4.50. The van der Waals surface area contributed by atoms with Crippen molar-refractivity contribution in [2.45, 2.75) is 46.6 Å². The van der Waals surface area contributed by atoms with E-state index in [-0.39, 0.29) is 6.10 Å². The van der Waals surface area contributed by atoms with Crippen LogP contribution in [0, 0.1) is 33.6 Å². The van der Waals surface area contributed by atoms with Gasteiger partial charge in [-0.25, -0.2) is 0 Å². The van der Waals surface area contributed by atoms with Crippen LogP contribution in [-0.4, -0.2) is 18.2 Å². The van der Waals surface area contributed by atoms with Crippen molar-refractivity contribution in [1.82, 2.24) is 5.32 Å². The lowest BCUT2D eigenvalue weighted by atomic mass is 9.83. The predicted molar refractivity (Wildman–Crippen MR) is 75.9 cm³/mol. The molecule has 1 saturated heterocycles. The lowest BCUT2D eigenvalue weighted by molar-refractivity contribution is 0.0909. The first-order chi connectivity index (χ1) is 8.52. The number of aryl methyl sites for hydroxylation is 2. The first-order valence-corrected chi connectivity index (χ1v) is 6.98. The predicted octanol–water partition coefficient (Wildman–Crippen LogP) is 2.95. The standard InChI is InChI=1S/C16H25NO/c1-10-8-11(2)13(4)15(12(10)3)16(18)14-6-5-7-17-9-14/h8,14,16-18H,5-7,9H2,1-4H3. The molecule has 1 aliphatic heterocycles. The zero-order valence-electron chi connectivity index (χ0n) is 12.0. The Morgan fingerprint density at radius 1 is 1.17 bits per heavy atom. The van der Waals surface area contributed by atoms with Crippen molar-refractivity contribution >= 4 is 0 Å². The van der Waals surface area contributed by atoms with Crippen LogP contribution in [0.4, 0.5) is 0 Å². The van der Waals surface area contributed by atoms with E-state index >= 15 is 0 Å². The van der Waals surface area contributed by atoms with Gasteiger partial charge in [0.25, 0.3) is 0 Å². The summed E-state index contributed by atoms with van der Waals surface area (Å²) in [5, 5.41) is 14.1. The molecule has 18 heavy (non-hydrogen) atoms. The molecule has 0 aromatic heterocycles. The van der Waals surface area contributed by atoms with Crippen LogP contribution in [0.5, 0.6) is 0 Å². The molecule has 100 valence electrons. The van der Waals surface area contributed by atoms with Crippen molar-refractivity contribution in [2.24, 2.45) is 5.92 Å². The third kappa shape index (κ3) is 2.45. The first-order valence-electron chi connectivity index (χ1n) is 6.98. The molecule has 1 aromatic carbocycles. The van der Waals surface area contributed by atoms with Gasteiger partial charge in [-0.3, -0.25) is 0 Å². The van der Waals surface area contributed by atoms with Gasteiger partial charge in [0.2, 0.25) is 0 Å². The molecular formula is C16H25NO. The molecule has 1 aromatic rings. The van der Waals surface area contributed by atoms with E-state index in [0.717, 1.165) is 19.5 Å². The summed E-state index contributed by atoms with van der Waals surface area (Å²) in [6, 6.07) is 2.22. The van der Waals surface area contributed by atoms with E-state index in [1.165, 1.54) is 34.2 Å². The molecule has 1 heterocycles. The molecule has 2 N–H and O–H groups in total. The summed E-state index contributed by atoms with van der Waals surface area (Å²) in [4.78, 5) is 0. The Bertz CT molecular complexity index is 407. The Morgan fingerprint density at radius 3 is 2.28 bits per heavy atom. The second-order valence-electron chi connectivity index (χ2n) is 5.73. The Balaban J connectivity index is 2.37. The van der Waals surface area contributed by atoms with Crippen molar-refractivity contribution in [1.29, 1.82) is 0 Å². The van der Waals surface area contributed by atoms with E-state index in [0.29, 0.717) is 5.92 Å². The molecule has 1 fully saturated rings. The summed E-state index contributed by atoms with van der Waals surface area (Å²) >= 11 is 0. The zero-order valence-corrected chi connectivity index (χ0v) is 12.0. The molecule has 0 saturated carbocycles. The number of aliphatic hydroxyl groups excluding tert-OH is 1. The van der Waals surface area contributed by atoms with Gasteiger partial charge >= 0.3 is 0 Å². The van der Waals surface area contributed by atoms with Gasteiger partial charge in [0.15, 0.2) is 0 Å². The maximum atomic E-state index is 10.7. The number of rotatable bonds is 2. The van der Waals surface area contributed by atoms with Crippen LogP contribution >= 0.6 is 0 Å². The highest BCUT2D eigenvalue weighted by Gasteiger charge is 2.26. The lowest BCUT2D eigenvalue weighted by Gasteiger charge is -2.30. The molecule has 2 nitrogen and oxygen atoms in total. The number of aliphatic hydroxyl groups is 1. The van der Waals surface area contributed by atoms with E-state index in [2.05, 4.69) is 39.1 Å². The molecule has 0 aliphatic carbocycles. The van der Waals surface area contributed by atoms with Crippen LogP contribution < -0.4 is 5.32 Å². The monoisotopic (exact) mass is 247 g/mol. The van der Waals surface area contributed by atoms with Crippen molar-refractivity contribution in [3.05, 3.63) is 33.9 Å². The summed E-state index contributed by atoms with van der Waals surface area (Å²) in [5.41, 5.74) is 6.26. The Morgan fingerprint density at radius 2 is 1.78 bits per heavy atom. The fourth-order valence-electron chi connectivity index (χ4n) is 3.07. The average molecular weight is 247 g/mol. The summed E-state index contributed by atoms with van der Waals surface area (Å²) in [6.45, 7) is 10.6. The number of piperidine rings is 1. The van der Waals surface area contributed by atoms with E-state index < -0.39 is 0 Å². The number of benzene rings is 1. The molecule has 0 amide bonds. The SMILES string of the molecule is Cc1cc(C)c(C)c(C(O)C2CCCNC2)c1C. The van der Waals surface area contributed by atoms with Crippen LogP contribution in [0.3, 0.4) is 0 Å². The van der Waals surface area contributed by atoms with E-state index in [9.17, 15) is 5.11 Å². The minimum Gasteiger partial charge on any atom is -0.388 e. The molecule has 0 spiro atoms. The fourth-order valence-corrected chi connectivity index (χ4v) is 3.07. The number of hydrogen-bond donors (Lipinski definition) is 2. The van der Waals surface area contributed by atoms with Crippen LogP contribution in [0.15, 0.2) is 6.07 Å². The quantitative estimate of drug-likeness (QED) is 0.842. The Hall–Kier alpha value is -0.860. The number of hydrogen-bond acceptors (Lipinski definition) is 2. The first kappa shape index (κ1) is 13.6. The summed E-state index contributed by atoms with van der Waals surface area (Å²) < 4.78 is 0. The average Bonchev–Trinajstić information content (AvgIpc) is 2.37. The normalized spacial score (nSPS) is 21.9. The molecule has 2 unspecified atom stereocenters. The topological polar surface area (TPSA) is 32.3 Å². The Labute approximate surface area is 110 Å². The van der Waals surface area contributed by atoms with E-state index in [1.54, 1.807) is 0 Å². The van der Waals surface area contributed by atoms with Gasteiger partial charge in [0, 0.05) is 12.5 Å². The zero-order chi connectivity index (χ0) is 13.3. The minimum atomic E-state index is -0.323.